The van der Waals surface area contributed by atoms with Crippen molar-refractivity contribution in [1.29, 1.82) is 5.26 Å². The molecule has 4 aromatic rings. The number of phenolic OH excluding ortho intramolecular Hbond substituents is 1. The van der Waals surface area contributed by atoms with Crippen LogP contribution in [-0.2, 0) is 14.3 Å². The molecule has 0 aliphatic rings. The maximum absolute atomic E-state index is 11.6. The average Bonchev–Trinajstić information content (AvgIpc) is 3.42. The van der Waals surface area contributed by atoms with Crippen LogP contribution in [-0.4, -0.2) is 39.8 Å². The number of ether oxygens (including phenoxy) is 3. The Bertz CT molecular complexity index is 1580. The van der Waals surface area contributed by atoms with Gasteiger partial charge in [-0.25, -0.2) is 4.79 Å². The van der Waals surface area contributed by atoms with Crippen molar-refractivity contribution >= 4 is 79.8 Å². The summed E-state index contributed by atoms with van der Waals surface area (Å²) in [5, 5.41) is 26.7. The van der Waals surface area contributed by atoms with E-state index in [1.807, 2.05) is 51.3 Å². The summed E-state index contributed by atoms with van der Waals surface area (Å²) in [4.78, 5) is 25.8. The largest absolute Gasteiger partial charge is 0.506 e. The fraction of sp³-hybridized carbons (Fsp3) is 0.333. The molecule has 0 saturated carbocycles. The number of nitriles is 1. The molecule has 0 spiro atoms. The predicted molar refractivity (Wildman–Crippen MR) is 192 cm³/mol. The van der Waals surface area contributed by atoms with Crippen molar-refractivity contribution < 1.29 is 38.4 Å². The molecular weight excluding hydrogens is 842 g/mol. The molecule has 1 atom stereocenters. The van der Waals surface area contributed by atoms with Crippen LogP contribution in [0.3, 0.4) is 0 Å². The fourth-order valence-corrected chi connectivity index (χ4v) is 5.56. The number of hydrogen-bond donors (Lipinski definition) is 2. The molecule has 2 N–H and O–H groups in total. The van der Waals surface area contributed by atoms with E-state index in [2.05, 4.69) is 11.9 Å². The van der Waals surface area contributed by atoms with Crippen LogP contribution in [0, 0.1) is 18.5 Å². The number of aromatic hydroxyl groups is 1. The summed E-state index contributed by atoms with van der Waals surface area (Å²) in [6, 6.07) is 17.2. The number of hydrogen-bond acceptors (Lipinski definition) is 9. The second-order valence-electron chi connectivity index (χ2n) is 9.64. The smallest absolute Gasteiger partial charge is 0.400 e. The van der Waals surface area contributed by atoms with Crippen LogP contribution in [0.1, 0.15) is 64.9 Å². The number of rotatable bonds is 12. The van der Waals surface area contributed by atoms with E-state index in [0.717, 1.165) is 12.8 Å². The normalized spacial score (nSPS) is 10.8. The lowest BCUT2D eigenvalue weighted by molar-refractivity contribution is -0.150. The van der Waals surface area contributed by atoms with E-state index in [0.29, 0.717) is 53.4 Å². The number of aliphatic carboxylic acids is 1. The van der Waals surface area contributed by atoms with Crippen LogP contribution >= 0.6 is 56.8 Å². The van der Waals surface area contributed by atoms with Gasteiger partial charge in [-0.15, -0.1) is 0 Å². The van der Waals surface area contributed by atoms with E-state index in [-0.39, 0.29) is 11.8 Å². The van der Waals surface area contributed by atoms with E-state index in [4.69, 9.17) is 40.6 Å². The number of unbranched alkanes of at least 4 members (excludes halogenated alkanes) is 4. The Hall–Kier alpha value is -3.29. The molecule has 0 radical (unpaired) electrons. The molecule has 46 heavy (non-hydrogen) atoms. The van der Waals surface area contributed by atoms with Gasteiger partial charge in [-0.2, -0.15) is 10.2 Å². The summed E-state index contributed by atoms with van der Waals surface area (Å²) in [6.07, 6.45) is 5.31. The molecule has 4 rings (SSSR count). The summed E-state index contributed by atoms with van der Waals surface area (Å²) in [5.74, 6) is 0.223. The van der Waals surface area contributed by atoms with Crippen LogP contribution in [0.2, 0.25) is 5.02 Å². The van der Waals surface area contributed by atoms with E-state index < -0.39 is 18.0 Å². The van der Waals surface area contributed by atoms with Gasteiger partial charge in [-0.1, -0.05) is 44.2 Å². The van der Waals surface area contributed by atoms with Gasteiger partial charge in [0.1, 0.15) is 22.8 Å². The monoisotopic (exact) mass is 876 g/mol. The summed E-state index contributed by atoms with van der Waals surface area (Å²) in [5.41, 5.74) is 1.78. The molecule has 0 amide bonds. The first kappa shape index (κ1) is 38.9. The molecule has 1 heterocycles. The zero-order chi connectivity index (χ0) is 34.1. The number of aromatic nitrogens is 1. The SMILES string of the molecule is CCCCCCCC(=O)O.CCOC(=O)[C@@H](C)Oc1ccc(Oc2nc3ccc(Cl)cc3o2)cc1.N#Cc1cc(I)c(O)c(I)c1. The topological polar surface area (TPSA) is 152 Å². The minimum atomic E-state index is -0.687. The van der Waals surface area contributed by atoms with Crippen molar-refractivity contribution in [2.24, 2.45) is 0 Å². The number of carboxylic acid groups (broad SMARTS) is 1. The van der Waals surface area contributed by atoms with Crippen molar-refractivity contribution in [3.05, 3.63) is 72.3 Å². The summed E-state index contributed by atoms with van der Waals surface area (Å²) in [7, 11) is 0. The third kappa shape index (κ3) is 14.0. The first-order valence-corrected chi connectivity index (χ1v) is 17.0. The first-order chi connectivity index (χ1) is 22.0. The van der Waals surface area contributed by atoms with Crippen LogP contribution in [0.25, 0.3) is 11.1 Å². The molecule has 13 heteroatoms. The Balaban J connectivity index is 0.000000290. The van der Waals surface area contributed by atoms with Gasteiger partial charge in [-0.3, -0.25) is 4.79 Å². The lowest BCUT2D eigenvalue weighted by atomic mass is 10.1. The minimum absolute atomic E-state index is 0.117. The van der Waals surface area contributed by atoms with Crippen LogP contribution in [0.4, 0.5) is 0 Å². The number of oxazole rings is 1. The Morgan fingerprint density at radius 1 is 1.00 bits per heavy atom. The van der Waals surface area contributed by atoms with Crippen LogP contribution in [0.5, 0.6) is 23.3 Å². The number of halogens is 3. The van der Waals surface area contributed by atoms with Gasteiger partial charge in [0.15, 0.2) is 11.7 Å². The maximum Gasteiger partial charge on any atom is 0.400 e. The van der Waals surface area contributed by atoms with Gasteiger partial charge in [-0.05, 0) is 114 Å². The van der Waals surface area contributed by atoms with Gasteiger partial charge >= 0.3 is 18.0 Å². The summed E-state index contributed by atoms with van der Waals surface area (Å²) >= 11 is 9.90. The number of carbonyl (C=O) groups is 2. The molecule has 10 nitrogen and oxygen atoms in total. The van der Waals surface area contributed by atoms with Crippen LogP contribution in [0.15, 0.2) is 59.0 Å². The van der Waals surface area contributed by atoms with Gasteiger partial charge in [0.05, 0.1) is 25.4 Å². The highest BCUT2D eigenvalue weighted by Crippen LogP contribution is 2.29. The highest BCUT2D eigenvalue weighted by molar-refractivity contribution is 14.1. The fourth-order valence-electron chi connectivity index (χ4n) is 3.63. The average molecular weight is 877 g/mol. The molecule has 3 aromatic carbocycles. The lowest BCUT2D eigenvalue weighted by Crippen LogP contribution is -2.25. The number of fused-ring (bicyclic) bond motifs is 1. The maximum atomic E-state index is 11.6. The molecule has 0 unspecified atom stereocenters. The third-order valence-electron chi connectivity index (χ3n) is 5.93. The number of esters is 1. The number of nitrogens with zero attached hydrogens (tertiary/aromatic N) is 2. The third-order valence-corrected chi connectivity index (χ3v) is 7.81. The zero-order valence-corrected chi connectivity index (χ0v) is 30.7. The Kier molecular flexibility index (Phi) is 17.5. The second kappa shape index (κ2) is 20.8. The molecule has 0 aliphatic heterocycles. The van der Waals surface area contributed by atoms with Crippen molar-refractivity contribution in [3.8, 4) is 29.4 Å². The van der Waals surface area contributed by atoms with Crippen molar-refractivity contribution in [2.45, 2.75) is 65.4 Å². The number of carboxylic acids is 1. The second-order valence-corrected chi connectivity index (χ2v) is 12.4. The molecular formula is C33H35ClI2N2O8. The van der Waals surface area contributed by atoms with Gasteiger partial charge in [0, 0.05) is 17.5 Å². The highest BCUT2D eigenvalue weighted by Gasteiger charge is 2.16. The Morgan fingerprint density at radius 2 is 1.63 bits per heavy atom. The number of carbonyl (C=O) groups excluding carboxylic acids is 1. The number of benzene rings is 3. The van der Waals surface area contributed by atoms with E-state index in [1.165, 1.54) is 19.3 Å². The Morgan fingerprint density at radius 3 is 2.22 bits per heavy atom. The van der Waals surface area contributed by atoms with Crippen molar-refractivity contribution in [1.82, 2.24) is 4.98 Å². The Labute approximate surface area is 300 Å². The summed E-state index contributed by atoms with van der Waals surface area (Å²) < 4.78 is 22.9. The van der Waals surface area contributed by atoms with Gasteiger partial charge < -0.3 is 28.8 Å². The minimum Gasteiger partial charge on any atom is -0.506 e. The van der Waals surface area contributed by atoms with Crippen LogP contribution < -0.4 is 9.47 Å². The van der Waals surface area contributed by atoms with Crippen molar-refractivity contribution in [3.63, 3.8) is 0 Å². The highest BCUT2D eigenvalue weighted by atomic mass is 127. The van der Waals surface area contributed by atoms with E-state index >= 15 is 0 Å². The first-order valence-electron chi connectivity index (χ1n) is 14.4. The van der Waals surface area contributed by atoms with Crippen molar-refractivity contribution in [2.75, 3.05) is 6.61 Å². The molecule has 1 aromatic heterocycles. The van der Waals surface area contributed by atoms with E-state index in [1.54, 1.807) is 68.4 Å². The quantitative estimate of drug-likeness (QED) is 0.0800. The predicted octanol–water partition coefficient (Wildman–Crippen LogP) is 9.51. The molecule has 246 valence electrons. The standard InChI is InChI=1S/C18H16ClNO5.C8H16O2.C7H3I2NO/c1-3-22-17(21)11(2)23-13-5-7-14(8-6-13)24-18-20-15-9-4-12(19)10-16(15)25-18;1-2-3-4-5-6-7-8(9)10;8-5-1-4(3-10)2-6(9)7(5)11/h4-11H,3H2,1-2H3;2-7H2,1H3,(H,9,10);1-2,11H/t11-;;/m1../s1. The zero-order valence-electron chi connectivity index (χ0n) is 25.6. The molecule has 0 bridgehead atoms. The van der Waals surface area contributed by atoms with E-state index in [9.17, 15) is 14.7 Å². The number of phenols is 1. The van der Waals surface area contributed by atoms with Gasteiger partial charge in [0.25, 0.3) is 0 Å². The summed E-state index contributed by atoms with van der Waals surface area (Å²) in [6.45, 7) is 5.84. The van der Waals surface area contributed by atoms with Gasteiger partial charge in [0.2, 0.25) is 0 Å². The molecule has 0 fully saturated rings. The molecule has 0 saturated heterocycles. The lowest BCUT2D eigenvalue weighted by Gasteiger charge is -2.13. The molecule has 0 aliphatic carbocycles.